The van der Waals surface area contributed by atoms with Crippen LogP contribution in [-0.2, 0) is 0 Å². The van der Waals surface area contributed by atoms with Crippen molar-refractivity contribution in [3.8, 4) is 22.8 Å². The summed E-state index contributed by atoms with van der Waals surface area (Å²) in [6.07, 6.45) is 10.8. The number of likely N-dealkylation sites (tertiary alicyclic amines) is 2. The van der Waals surface area contributed by atoms with E-state index in [4.69, 9.17) is 4.74 Å². The molecule has 10 nitrogen and oxygen atoms in total. The van der Waals surface area contributed by atoms with Gasteiger partial charge in [0.15, 0.2) is 5.82 Å². The first-order valence-corrected chi connectivity index (χ1v) is 17.3. The third-order valence-corrected chi connectivity index (χ3v) is 11.9. The van der Waals surface area contributed by atoms with E-state index in [1.54, 1.807) is 18.6 Å². The molecule has 9 rings (SSSR count). The van der Waals surface area contributed by atoms with Gasteiger partial charge in [0.1, 0.15) is 24.2 Å². The van der Waals surface area contributed by atoms with E-state index in [0.29, 0.717) is 46.3 Å². The number of nitrogens with zero attached hydrogens (tertiary/aromatic N) is 8. The first-order chi connectivity index (χ1) is 22.4. The Morgan fingerprint density at radius 2 is 1.80 bits per heavy atom. The van der Waals surface area contributed by atoms with Crippen molar-refractivity contribution < 1.29 is 9.13 Å². The maximum absolute atomic E-state index is 14.6. The Hall–Kier alpha value is -3.28. The first-order valence-electron chi connectivity index (χ1n) is 17.3. The minimum atomic E-state index is -0.334. The summed E-state index contributed by atoms with van der Waals surface area (Å²) < 4.78 is 21.0. The van der Waals surface area contributed by atoms with Gasteiger partial charge in [-0.25, -0.2) is 19.3 Å². The van der Waals surface area contributed by atoms with E-state index in [1.165, 1.54) is 57.5 Å². The van der Waals surface area contributed by atoms with Gasteiger partial charge < -0.3 is 15.0 Å². The molecule has 46 heavy (non-hydrogen) atoms. The number of anilines is 1. The molecule has 6 aliphatic rings. The lowest BCUT2D eigenvalue weighted by Crippen LogP contribution is -2.74. The zero-order valence-electron chi connectivity index (χ0n) is 26.9. The molecule has 2 aliphatic carbocycles. The fraction of sp³-hybridized carbons (Fsp3) is 0.629. The van der Waals surface area contributed by atoms with Crippen LogP contribution in [0.15, 0.2) is 37.1 Å². The zero-order chi connectivity index (χ0) is 31.0. The Morgan fingerprint density at radius 3 is 2.54 bits per heavy atom. The van der Waals surface area contributed by atoms with E-state index in [0.717, 1.165) is 68.7 Å². The van der Waals surface area contributed by atoms with Gasteiger partial charge in [-0.15, -0.1) is 10.2 Å². The summed E-state index contributed by atoms with van der Waals surface area (Å²) in [5.74, 6) is 3.06. The van der Waals surface area contributed by atoms with Gasteiger partial charge in [0.25, 0.3) is 5.88 Å². The van der Waals surface area contributed by atoms with Crippen LogP contribution in [0.1, 0.15) is 57.6 Å². The molecule has 4 saturated heterocycles. The lowest BCUT2D eigenvalue weighted by Gasteiger charge is -2.63. The molecule has 0 unspecified atom stereocenters. The Kier molecular flexibility index (Phi) is 6.84. The lowest BCUT2D eigenvalue weighted by molar-refractivity contribution is -0.122. The smallest absolute Gasteiger partial charge is 0.282 e. The van der Waals surface area contributed by atoms with Crippen LogP contribution >= 0.6 is 0 Å². The van der Waals surface area contributed by atoms with Crippen molar-refractivity contribution in [2.45, 2.75) is 64.0 Å². The van der Waals surface area contributed by atoms with Crippen molar-refractivity contribution in [2.24, 2.45) is 22.7 Å². The number of hydrogen-bond donors (Lipinski definition) is 1. The Bertz CT molecular complexity index is 1610. The molecule has 3 aromatic rings. The van der Waals surface area contributed by atoms with Gasteiger partial charge in [-0.2, -0.15) is 0 Å². The van der Waals surface area contributed by atoms with Gasteiger partial charge >= 0.3 is 0 Å². The number of hydrogen-bond acceptors (Lipinski definition) is 10. The average Bonchev–Trinajstić information content (AvgIpc) is 3.72. The van der Waals surface area contributed by atoms with Gasteiger partial charge in [0.2, 0.25) is 0 Å². The van der Waals surface area contributed by atoms with Crippen LogP contribution in [0, 0.1) is 28.5 Å². The van der Waals surface area contributed by atoms with E-state index in [2.05, 4.69) is 59.0 Å². The summed E-state index contributed by atoms with van der Waals surface area (Å²) in [7, 11) is 0. The minimum Gasteiger partial charge on any atom is -0.434 e. The van der Waals surface area contributed by atoms with Crippen molar-refractivity contribution in [1.29, 1.82) is 0 Å². The minimum absolute atomic E-state index is 0.265. The fourth-order valence-electron chi connectivity index (χ4n) is 9.32. The van der Waals surface area contributed by atoms with Crippen molar-refractivity contribution in [3.63, 3.8) is 0 Å². The number of rotatable bonds is 9. The normalized spacial score (nSPS) is 27.3. The summed E-state index contributed by atoms with van der Waals surface area (Å²) >= 11 is 0. The summed E-state index contributed by atoms with van der Waals surface area (Å²) in [6, 6.07) is 6.03. The molecule has 6 heterocycles. The summed E-state index contributed by atoms with van der Waals surface area (Å²) in [5, 5.41) is 11.9. The van der Waals surface area contributed by atoms with Crippen LogP contribution in [0.2, 0.25) is 0 Å². The Labute approximate surface area is 270 Å². The molecule has 2 spiro atoms. The van der Waals surface area contributed by atoms with Crippen LogP contribution in [0.4, 0.5) is 10.2 Å². The van der Waals surface area contributed by atoms with E-state index < -0.39 is 0 Å². The maximum Gasteiger partial charge on any atom is 0.282 e. The number of benzene rings is 1. The second kappa shape index (κ2) is 10.9. The fourth-order valence-corrected chi connectivity index (χ4v) is 9.32. The van der Waals surface area contributed by atoms with Crippen LogP contribution in [0.3, 0.4) is 0 Å². The van der Waals surface area contributed by atoms with E-state index in [-0.39, 0.29) is 11.2 Å². The molecule has 242 valence electrons. The van der Waals surface area contributed by atoms with Crippen molar-refractivity contribution in [1.82, 2.24) is 40.3 Å². The monoisotopic (exact) mass is 625 g/mol. The maximum atomic E-state index is 14.6. The van der Waals surface area contributed by atoms with Gasteiger partial charge in [0.05, 0.1) is 5.69 Å². The zero-order valence-corrected chi connectivity index (χ0v) is 26.9. The molecule has 0 radical (unpaired) electrons. The van der Waals surface area contributed by atoms with Gasteiger partial charge in [-0.1, -0.05) is 13.8 Å². The van der Waals surface area contributed by atoms with E-state index in [1.807, 2.05) is 0 Å². The molecular formula is C35H44FN9O. The molecule has 1 N–H and O–H groups in total. The second-order valence-electron chi connectivity index (χ2n) is 15.6. The molecule has 2 aromatic heterocycles. The van der Waals surface area contributed by atoms with E-state index in [9.17, 15) is 4.39 Å². The third kappa shape index (κ3) is 4.97. The number of nitrogens with one attached hydrogen (secondary N) is 1. The van der Waals surface area contributed by atoms with Crippen LogP contribution in [-0.4, -0.2) is 99.4 Å². The largest absolute Gasteiger partial charge is 0.434 e. The topological polar surface area (TPSA) is 95.4 Å². The van der Waals surface area contributed by atoms with E-state index >= 15 is 0 Å². The highest BCUT2D eigenvalue weighted by molar-refractivity contribution is 5.73. The predicted molar refractivity (Wildman–Crippen MR) is 172 cm³/mol. The van der Waals surface area contributed by atoms with Gasteiger partial charge in [-0.05, 0) is 62.1 Å². The van der Waals surface area contributed by atoms with Gasteiger partial charge in [-0.3, -0.25) is 9.80 Å². The highest BCUT2D eigenvalue weighted by Crippen LogP contribution is 2.50. The Balaban J connectivity index is 0.872. The molecule has 11 heteroatoms. The highest BCUT2D eigenvalue weighted by atomic mass is 19.1. The number of ether oxygens (including phenoxy) is 1. The van der Waals surface area contributed by atoms with Crippen molar-refractivity contribution in [3.05, 3.63) is 48.6 Å². The molecule has 0 amide bonds. The van der Waals surface area contributed by atoms with Crippen LogP contribution in [0.5, 0.6) is 11.6 Å². The van der Waals surface area contributed by atoms with Crippen molar-refractivity contribution in [2.75, 3.05) is 57.3 Å². The average molecular weight is 626 g/mol. The molecule has 4 aliphatic heterocycles. The third-order valence-electron chi connectivity index (χ3n) is 11.9. The Morgan fingerprint density at radius 1 is 0.978 bits per heavy atom. The van der Waals surface area contributed by atoms with Crippen LogP contribution < -0.4 is 15.0 Å². The molecule has 1 atom stereocenters. The number of halogens is 1. The van der Waals surface area contributed by atoms with Crippen LogP contribution in [0.25, 0.3) is 11.1 Å². The number of aromatic nitrogens is 5. The second-order valence-corrected chi connectivity index (χ2v) is 15.6. The molecule has 2 saturated carbocycles. The summed E-state index contributed by atoms with van der Waals surface area (Å²) in [4.78, 5) is 21.3. The molecule has 1 aromatic carbocycles. The summed E-state index contributed by atoms with van der Waals surface area (Å²) in [5.41, 5.74) is 3.24. The predicted octanol–water partition coefficient (Wildman–Crippen LogP) is 4.36. The first kappa shape index (κ1) is 28.9. The lowest BCUT2D eigenvalue weighted by atomic mass is 9.65. The van der Waals surface area contributed by atoms with Gasteiger partial charge in [0, 0.05) is 98.5 Å². The summed E-state index contributed by atoms with van der Waals surface area (Å²) in [6.45, 7) is 14.0. The highest BCUT2D eigenvalue weighted by Gasteiger charge is 2.55. The molecular weight excluding hydrogens is 581 g/mol. The molecule has 6 fully saturated rings. The molecule has 0 bridgehead atoms. The quantitative estimate of drug-likeness (QED) is 0.370. The van der Waals surface area contributed by atoms with Crippen molar-refractivity contribution >= 4 is 5.82 Å². The SMILES string of the molecule is CC(C)[C@H](C1CC(N2CC3(CNC3)C2)C1)N1CC2(CCN(c3ncnnc3Oc3ccc(F)cc3-c3cncnc3C3CC3)C2)C1. The standard InChI is InChI=1S/C35H44FN9O/c1-22(2)31(24-9-26(10-24)44-18-35(19-44)13-38-14-35)45-16-34(17-45)7-8-43(15-34)32-33(42-41-21-40-32)46-29-6-5-25(36)11-27(29)28-12-37-20-39-30(28)23-3-4-23/h5-6,11-12,20-24,26,31,38H,3-4,7-10,13-19H2,1-2H3/t24?,26?,31-/m1/s1.